The van der Waals surface area contributed by atoms with Crippen LogP contribution in [0.25, 0.3) is 0 Å². The van der Waals surface area contributed by atoms with Crippen LogP contribution in [0.3, 0.4) is 0 Å². The quantitative estimate of drug-likeness (QED) is 0.763. The minimum absolute atomic E-state index is 0.316. The van der Waals surface area contributed by atoms with Gasteiger partial charge in [-0.3, -0.25) is 4.90 Å². The average Bonchev–Trinajstić information content (AvgIpc) is 2.69. The van der Waals surface area contributed by atoms with E-state index < -0.39 is 32.4 Å². The Hall–Kier alpha value is -2.10. The summed E-state index contributed by atoms with van der Waals surface area (Å²) >= 11 is 0. The lowest BCUT2D eigenvalue weighted by atomic mass is 10.1. The van der Waals surface area contributed by atoms with Crippen molar-refractivity contribution in [3.05, 3.63) is 59.7 Å². The van der Waals surface area contributed by atoms with E-state index in [9.17, 15) is 21.6 Å². The van der Waals surface area contributed by atoms with E-state index in [-0.39, 0.29) is 6.04 Å². The van der Waals surface area contributed by atoms with Crippen LogP contribution in [0.2, 0.25) is 0 Å². The molecule has 1 N–H and O–H groups in total. The van der Waals surface area contributed by atoms with Gasteiger partial charge in [0.05, 0.1) is 17.6 Å². The molecule has 158 valence electrons. The summed E-state index contributed by atoms with van der Waals surface area (Å²) in [5.41, 5.74) is 0.0741. The van der Waals surface area contributed by atoms with Gasteiger partial charge >= 0.3 is 6.18 Å². The monoisotopic (exact) mass is 428 g/mol. The Bertz CT molecular complexity index is 926. The van der Waals surface area contributed by atoms with Crippen molar-refractivity contribution in [3.8, 4) is 5.75 Å². The van der Waals surface area contributed by atoms with Crippen LogP contribution in [-0.2, 0) is 22.7 Å². The maximum absolute atomic E-state index is 13.2. The molecule has 2 aromatic rings. The van der Waals surface area contributed by atoms with Crippen molar-refractivity contribution >= 4 is 10.0 Å². The highest BCUT2D eigenvalue weighted by Gasteiger charge is 2.36. The molecule has 0 spiro atoms. The molecule has 1 heterocycles. The summed E-state index contributed by atoms with van der Waals surface area (Å²) in [6, 6.07) is 12.4. The van der Waals surface area contributed by atoms with Crippen LogP contribution in [0.5, 0.6) is 5.75 Å². The third-order valence-electron chi connectivity index (χ3n) is 4.95. The Labute approximate surface area is 168 Å². The van der Waals surface area contributed by atoms with Crippen molar-refractivity contribution in [2.24, 2.45) is 0 Å². The summed E-state index contributed by atoms with van der Waals surface area (Å²) < 4.78 is 72.0. The summed E-state index contributed by atoms with van der Waals surface area (Å²) in [6.07, 6.45) is -3.53. The number of piperidine rings is 1. The number of benzene rings is 2. The van der Waals surface area contributed by atoms with Gasteiger partial charge in [0.25, 0.3) is 0 Å². The highest BCUT2D eigenvalue weighted by Crippen LogP contribution is 2.37. The number of methoxy groups -OCH3 is 1. The standard InChI is InChI=1S/C20H23F3N2O3S/c1-28-19-8-7-17(13-18(19)20(21,22)23)29(26,27)24-16-9-11-25(12-10-16)14-15-5-3-2-4-6-15/h2-8,13,16,24H,9-12,14H2,1H3. The molecule has 0 aromatic heterocycles. The number of ether oxygens (including phenoxy) is 1. The van der Waals surface area contributed by atoms with Crippen molar-refractivity contribution in [1.29, 1.82) is 0 Å². The molecule has 3 rings (SSSR count). The molecule has 29 heavy (non-hydrogen) atoms. The lowest BCUT2D eigenvalue weighted by molar-refractivity contribution is -0.138. The molecule has 2 aromatic carbocycles. The van der Waals surface area contributed by atoms with Crippen molar-refractivity contribution in [3.63, 3.8) is 0 Å². The number of rotatable bonds is 6. The van der Waals surface area contributed by atoms with Crippen LogP contribution >= 0.6 is 0 Å². The fourth-order valence-corrected chi connectivity index (χ4v) is 4.74. The molecule has 5 nitrogen and oxygen atoms in total. The Kier molecular flexibility index (Phi) is 6.50. The summed E-state index contributed by atoms with van der Waals surface area (Å²) in [4.78, 5) is 1.81. The van der Waals surface area contributed by atoms with Crippen molar-refractivity contribution < 1.29 is 26.3 Å². The number of nitrogens with one attached hydrogen (secondary N) is 1. The Morgan fingerprint density at radius 3 is 2.34 bits per heavy atom. The maximum Gasteiger partial charge on any atom is 0.420 e. The number of halogens is 3. The maximum atomic E-state index is 13.2. The zero-order chi connectivity index (χ0) is 21.1. The third kappa shape index (κ3) is 5.49. The van der Waals surface area contributed by atoms with E-state index >= 15 is 0 Å². The van der Waals surface area contributed by atoms with Crippen LogP contribution in [0.1, 0.15) is 24.0 Å². The van der Waals surface area contributed by atoms with Crippen LogP contribution < -0.4 is 9.46 Å². The van der Waals surface area contributed by atoms with E-state index in [0.29, 0.717) is 32.0 Å². The zero-order valence-corrected chi connectivity index (χ0v) is 16.8. The highest BCUT2D eigenvalue weighted by molar-refractivity contribution is 7.89. The van der Waals surface area contributed by atoms with E-state index in [1.807, 2.05) is 30.3 Å². The van der Waals surface area contributed by atoms with Gasteiger partial charge in [-0.2, -0.15) is 13.2 Å². The lowest BCUT2D eigenvalue weighted by Crippen LogP contribution is -2.44. The van der Waals surface area contributed by atoms with E-state index in [2.05, 4.69) is 9.62 Å². The first-order chi connectivity index (χ1) is 13.7. The van der Waals surface area contributed by atoms with Crippen molar-refractivity contribution in [1.82, 2.24) is 9.62 Å². The van der Waals surface area contributed by atoms with Gasteiger partial charge in [-0.1, -0.05) is 30.3 Å². The molecule has 0 unspecified atom stereocenters. The molecule has 1 saturated heterocycles. The first-order valence-corrected chi connectivity index (χ1v) is 10.7. The second-order valence-electron chi connectivity index (χ2n) is 7.02. The third-order valence-corrected chi connectivity index (χ3v) is 6.46. The molecule has 0 saturated carbocycles. The van der Waals surface area contributed by atoms with Gasteiger partial charge in [-0.05, 0) is 36.6 Å². The number of alkyl halides is 3. The Morgan fingerprint density at radius 2 is 1.76 bits per heavy atom. The first kappa shape index (κ1) is 21.6. The van der Waals surface area contributed by atoms with Gasteiger partial charge in [0.2, 0.25) is 10.0 Å². The molecule has 0 amide bonds. The second-order valence-corrected chi connectivity index (χ2v) is 8.73. The minimum Gasteiger partial charge on any atom is -0.496 e. The van der Waals surface area contributed by atoms with Crippen LogP contribution in [0.4, 0.5) is 13.2 Å². The lowest BCUT2D eigenvalue weighted by Gasteiger charge is -2.32. The Morgan fingerprint density at radius 1 is 1.10 bits per heavy atom. The predicted molar refractivity (Wildman–Crippen MR) is 103 cm³/mol. The van der Waals surface area contributed by atoms with Gasteiger partial charge in [-0.25, -0.2) is 13.1 Å². The molecule has 9 heteroatoms. The molecule has 0 bridgehead atoms. The van der Waals surface area contributed by atoms with Crippen molar-refractivity contribution in [2.45, 2.75) is 36.5 Å². The van der Waals surface area contributed by atoms with Gasteiger partial charge < -0.3 is 4.74 Å². The topological polar surface area (TPSA) is 58.6 Å². The van der Waals surface area contributed by atoms with Gasteiger partial charge in [0, 0.05) is 25.7 Å². The zero-order valence-electron chi connectivity index (χ0n) is 15.9. The van der Waals surface area contributed by atoms with Crippen molar-refractivity contribution in [2.75, 3.05) is 20.2 Å². The smallest absolute Gasteiger partial charge is 0.420 e. The van der Waals surface area contributed by atoms with Gasteiger partial charge in [-0.15, -0.1) is 0 Å². The molecule has 1 fully saturated rings. The van der Waals surface area contributed by atoms with Crippen LogP contribution in [-0.4, -0.2) is 39.6 Å². The average molecular weight is 428 g/mol. The largest absolute Gasteiger partial charge is 0.496 e. The summed E-state index contributed by atoms with van der Waals surface area (Å²) in [5.74, 6) is -0.411. The molecule has 1 aliphatic heterocycles. The second kappa shape index (κ2) is 8.73. The molecular formula is C20H23F3N2O3S. The van der Waals surface area contributed by atoms with Crippen LogP contribution in [0, 0.1) is 0 Å². The SMILES string of the molecule is COc1ccc(S(=O)(=O)NC2CCN(Cc3ccccc3)CC2)cc1C(F)(F)F. The predicted octanol–water partition coefficient (Wildman–Crippen LogP) is 3.66. The van der Waals surface area contributed by atoms with E-state index in [1.165, 1.54) is 5.56 Å². The first-order valence-electron chi connectivity index (χ1n) is 9.23. The normalized spacial score (nSPS) is 16.7. The van der Waals surface area contributed by atoms with E-state index in [1.54, 1.807) is 0 Å². The number of hydrogen-bond acceptors (Lipinski definition) is 4. The fourth-order valence-electron chi connectivity index (χ4n) is 3.41. The van der Waals surface area contributed by atoms with E-state index in [0.717, 1.165) is 25.8 Å². The molecule has 0 radical (unpaired) electrons. The number of likely N-dealkylation sites (tertiary alicyclic amines) is 1. The summed E-state index contributed by atoms with van der Waals surface area (Å²) in [5, 5.41) is 0. The molecular weight excluding hydrogens is 405 g/mol. The molecule has 0 atom stereocenters. The highest BCUT2D eigenvalue weighted by atomic mass is 32.2. The molecule has 0 aliphatic carbocycles. The summed E-state index contributed by atoms with van der Waals surface area (Å²) in [7, 11) is -2.96. The number of hydrogen-bond donors (Lipinski definition) is 1. The van der Waals surface area contributed by atoms with Gasteiger partial charge in [0.15, 0.2) is 0 Å². The number of nitrogens with zero attached hydrogens (tertiary/aromatic N) is 1. The van der Waals surface area contributed by atoms with Crippen LogP contribution in [0.15, 0.2) is 53.4 Å². The van der Waals surface area contributed by atoms with E-state index in [4.69, 9.17) is 4.74 Å². The minimum atomic E-state index is -4.71. The Balaban J connectivity index is 1.65. The number of sulfonamides is 1. The summed E-state index contributed by atoms with van der Waals surface area (Å²) in [6.45, 7) is 2.20. The van der Waals surface area contributed by atoms with Gasteiger partial charge in [0.1, 0.15) is 5.75 Å². The molecule has 1 aliphatic rings. The fraction of sp³-hybridized carbons (Fsp3) is 0.400.